The Labute approximate surface area is 76.8 Å². The van der Waals surface area contributed by atoms with Crippen LogP contribution < -0.4 is 5.73 Å². The van der Waals surface area contributed by atoms with Crippen LogP contribution in [0.2, 0.25) is 0 Å². The first-order valence-corrected chi connectivity index (χ1v) is 4.47. The molecule has 1 aromatic rings. The lowest BCUT2D eigenvalue weighted by Gasteiger charge is -2.17. The van der Waals surface area contributed by atoms with E-state index in [9.17, 15) is 5.11 Å². The second kappa shape index (κ2) is 3.40. The average Bonchev–Trinajstić information content (AvgIpc) is 3.00. The molecule has 0 aliphatic heterocycles. The summed E-state index contributed by atoms with van der Waals surface area (Å²) in [5.74, 6) is 0.384. The molecule has 3 N–H and O–H groups in total. The fourth-order valence-electron chi connectivity index (χ4n) is 1.41. The monoisotopic (exact) mass is 179 g/mol. The van der Waals surface area contributed by atoms with Crippen LogP contribution in [0.5, 0.6) is 0 Å². The molecule has 1 saturated carbocycles. The highest BCUT2D eigenvalue weighted by Gasteiger charge is 2.34. The van der Waals surface area contributed by atoms with Gasteiger partial charge in [-0.15, -0.1) is 0 Å². The lowest BCUT2D eigenvalue weighted by atomic mass is 10.0. The molecule has 0 amide bonds. The van der Waals surface area contributed by atoms with Gasteiger partial charge in [0.2, 0.25) is 0 Å². The lowest BCUT2D eigenvalue weighted by molar-refractivity contribution is 0.122. The van der Waals surface area contributed by atoms with Gasteiger partial charge in [-0.2, -0.15) is 0 Å². The van der Waals surface area contributed by atoms with Gasteiger partial charge in [0.1, 0.15) is 6.33 Å². The normalized spacial score (nSPS) is 21.1. The summed E-state index contributed by atoms with van der Waals surface area (Å²) in [6.45, 7) is 0. The van der Waals surface area contributed by atoms with Gasteiger partial charge in [0.15, 0.2) is 0 Å². The largest absolute Gasteiger partial charge is 0.391 e. The molecular weight excluding hydrogens is 166 g/mol. The number of hydrogen-bond donors (Lipinski definition) is 2. The zero-order chi connectivity index (χ0) is 9.26. The summed E-state index contributed by atoms with van der Waals surface area (Å²) < 4.78 is 0. The maximum Gasteiger partial charge on any atom is 0.115 e. The van der Waals surface area contributed by atoms with E-state index in [1.54, 1.807) is 12.4 Å². The van der Waals surface area contributed by atoms with Crippen LogP contribution in [0.4, 0.5) is 0 Å². The van der Waals surface area contributed by atoms with Crippen LogP contribution in [0.25, 0.3) is 0 Å². The number of aliphatic hydroxyl groups is 1. The topological polar surface area (TPSA) is 72.0 Å². The molecular formula is C9H13N3O. The van der Waals surface area contributed by atoms with Crippen LogP contribution in [0, 0.1) is 5.92 Å². The summed E-state index contributed by atoms with van der Waals surface area (Å²) in [6, 6.07) is -0.339. The van der Waals surface area contributed by atoms with Crippen LogP contribution in [-0.4, -0.2) is 21.2 Å². The summed E-state index contributed by atoms with van der Waals surface area (Å²) in [4.78, 5) is 7.73. The van der Waals surface area contributed by atoms with Crippen molar-refractivity contribution in [3.63, 3.8) is 0 Å². The summed E-state index contributed by atoms with van der Waals surface area (Å²) in [5, 5.41) is 9.73. The summed E-state index contributed by atoms with van der Waals surface area (Å²) in [7, 11) is 0. The number of rotatable bonds is 3. The molecule has 1 aliphatic carbocycles. The van der Waals surface area contributed by atoms with Crippen molar-refractivity contribution in [1.29, 1.82) is 0 Å². The lowest BCUT2D eigenvalue weighted by Crippen LogP contribution is -2.28. The zero-order valence-corrected chi connectivity index (χ0v) is 7.30. The van der Waals surface area contributed by atoms with E-state index in [2.05, 4.69) is 9.97 Å². The Hall–Kier alpha value is -1.00. The van der Waals surface area contributed by atoms with Crippen molar-refractivity contribution in [2.24, 2.45) is 11.7 Å². The quantitative estimate of drug-likeness (QED) is 0.697. The van der Waals surface area contributed by atoms with Crippen molar-refractivity contribution in [2.75, 3.05) is 0 Å². The minimum absolute atomic E-state index is 0.339. The second-order valence-electron chi connectivity index (χ2n) is 3.53. The first kappa shape index (κ1) is 8.59. The average molecular weight is 179 g/mol. The molecule has 0 spiro atoms. The van der Waals surface area contributed by atoms with Gasteiger partial charge in [0.25, 0.3) is 0 Å². The standard InChI is InChI=1S/C9H13N3O/c10-8(9(13)6-1-2-6)7-3-11-5-12-4-7/h3-6,8-9,13H,1-2,10H2. The predicted molar refractivity (Wildman–Crippen MR) is 47.7 cm³/mol. The summed E-state index contributed by atoms with van der Waals surface area (Å²) in [6.07, 6.45) is 6.50. The number of aliphatic hydroxyl groups excluding tert-OH is 1. The predicted octanol–water partition coefficient (Wildman–Crippen LogP) is 0.247. The fraction of sp³-hybridized carbons (Fsp3) is 0.556. The molecule has 1 aromatic heterocycles. The highest BCUT2D eigenvalue weighted by Crippen LogP contribution is 2.36. The number of nitrogens with zero attached hydrogens (tertiary/aromatic N) is 2. The molecule has 0 saturated heterocycles. The van der Waals surface area contributed by atoms with E-state index >= 15 is 0 Å². The Morgan fingerprint density at radius 2 is 2.00 bits per heavy atom. The van der Waals surface area contributed by atoms with E-state index in [1.165, 1.54) is 6.33 Å². The Kier molecular flexibility index (Phi) is 2.24. The van der Waals surface area contributed by atoms with E-state index < -0.39 is 6.10 Å². The highest BCUT2D eigenvalue weighted by molar-refractivity contribution is 5.11. The smallest absolute Gasteiger partial charge is 0.115 e. The molecule has 0 bridgehead atoms. The van der Waals surface area contributed by atoms with Crippen LogP contribution in [0.3, 0.4) is 0 Å². The molecule has 2 atom stereocenters. The van der Waals surface area contributed by atoms with Crippen LogP contribution in [-0.2, 0) is 0 Å². The molecule has 4 nitrogen and oxygen atoms in total. The van der Waals surface area contributed by atoms with Crippen molar-refractivity contribution < 1.29 is 5.11 Å². The van der Waals surface area contributed by atoms with Gasteiger partial charge >= 0.3 is 0 Å². The van der Waals surface area contributed by atoms with E-state index in [-0.39, 0.29) is 6.04 Å². The van der Waals surface area contributed by atoms with Crippen LogP contribution in [0.1, 0.15) is 24.4 Å². The second-order valence-corrected chi connectivity index (χ2v) is 3.53. The minimum atomic E-state index is -0.439. The van der Waals surface area contributed by atoms with Gasteiger partial charge in [-0.25, -0.2) is 9.97 Å². The van der Waals surface area contributed by atoms with E-state index in [1.807, 2.05) is 0 Å². The molecule has 1 heterocycles. The maximum atomic E-state index is 9.73. The van der Waals surface area contributed by atoms with Gasteiger partial charge in [-0.1, -0.05) is 0 Å². The van der Waals surface area contributed by atoms with E-state index in [0.29, 0.717) is 5.92 Å². The fourth-order valence-corrected chi connectivity index (χ4v) is 1.41. The molecule has 2 unspecified atom stereocenters. The molecule has 2 rings (SSSR count). The third-order valence-corrected chi connectivity index (χ3v) is 2.44. The maximum absolute atomic E-state index is 9.73. The molecule has 1 aliphatic rings. The number of hydrogen-bond acceptors (Lipinski definition) is 4. The first-order valence-electron chi connectivity index (χ1n) is 4.47. The zero-order valence-electron chi connectivity index (χ0n) is 7.30. The van der Waals surface area contributed by atoms with Crippen molar-refractivity contribution in [2.45, 2.75) is 25.0 Å². The third kappa shape index (κ3) is 1.84. The first-order chi connectivity index (χ1) is 6.29. The van der Waals surface area contributed by atoms with Gasteiger partial charge in [0, 0.05) is 18.0 Å². The third-order valence-electron chi connectivity index (χ3n) is 2.44. The van der Waals surface area contributed by atoms with Gasteiger partial charge < -0.3 is 10.8 Å². The SMILES string of the molecule is NC(c1cncnc1)C(O)C1CC1. The molecule has 13 heavy (non-hydrogen) atoms. The van der Waals surface area contributed by atoms with E-state index in [0.717, 1.165) is 18.4 Å². The number of aromatic nitrogens is 2. The molecule has 1 fully saturated rings. The van der Waals surface area contributed by atoms with Crippen LogP contribution in [0.15, 0.2) is 18.7 Å². The molecule has 70 valence electrons. The Bertz CT molecular complexity index is 273. The molecule has 0 aromatic carbocycles. The van der Waals surface area contributed by atoms with E-state index in [4.69, 9.17) is 5.73 Å². The Morgan fingerprint density at radius 3 is 2.54 bits per heavy atom. The summed E-state index contributed by atoms with van der Waals surface area (Å²) >= 11 is 0. The van der Waals surface area contributed by atoms with Gasteiger partial charge in [0.05, 0.1) is 12.1 Å². The van der Waals surface area contributed by atoms with Crippen molar-refractivity contribution >= 4 is 0 Å². The number of nitrogens with two attached hydrogens (primary N) is 1. The Balaban J connectivity index is 2.07. The van der Waals surface area contributed by atoms with Gasteiger partial charge in [-0.3, -0.25) is 0 Å². The van der Waals surface area contributed by atoms with Crippen molar-refractivity contribution in [3.05, 3.63) is 24.3 Å². The minimum Gasteiger partial charge on any atom is -0.391 e. The van der Waals surface area contributed by atoms with Crippen LogP contribution >= 0.6 is 0 Å². The molecule has 0 radical (unpaired) electrons. The Morgan fingerprint density at radius 1 is 1.38 bits per heavy atom. The van der Waals surface area contributed by atoms with Crippen molar-refractivity contribution in [1.82, 2.24) is 9.97 Å². The van der Waals surface area contributed by atoms with Gasteiger partial charge in [-0.05, 0) is 18.8 Å². The highest BCUT2D eigenvalue weighted by atomic mass is 16.3. The van der Waals surface area contributed by atoms with Crippen molar-refractivity contribution in [3.8, 4) is 0 Å². The molecule has 4 heteroatoms. The summed E-state index contributed by atoms with van der Waals surface area (Å²) in [5.41, 5.74) is 6.66.